The average molecular weight is 422 g/mol. The van der Waals surface area contributed by atoms with E-state index >= 15 is 0 Å². The van der Waals surface area contributed by atoms with Crippen molar-refractivity contribution in [3.8, 4) is 11.3 Å². The number of aromatic nitrogens is 5. The van der Waals surface area contributed by atoms with Crippen molar-refractivity contribution in [2.45, 2.75) is 26.2 Å². The quantitative estimate of drug-likeness (QED) is 0.670. The maximum absolute atomic E-state index is 12.2. The lowest BCUT2D eigenvalue weighted by molar-refractivity contribution is 0.722. The fraction of sp³-hybridized carbons (Fsp3) is 0.278. The van der Waals surface area contributed by atoms with Crippen LogP contribution in [-0.4, -0.2) is 24.7 Å². The van der Waals surface area contributed by atoms with E-state index in [9.17, 15) is 14.4 Å². The normalized spacial score (nSPS) is 11.2. The number of hydrogen-bond donors (Lipinski definition) is 2. The first-order chi connectivity index (χ1) is 13.2. The van der Waals surface area contributed by atoms with Crippen molar-refractivity contribution >= 4 is 23.2 Å². The smallest absolute Gasteiger partial charge is 0.315 e. The van der Waals surface area contributed by atoms with Gasteiger partial charge in [-0.1, -0.05) is 37.0 Å². The second kappa shape index (κ2) is 7.73. The highest BCUT2D eigenvalue weighted by atomic mass is 35.5. The molecule has 2 aromatic heterocycles. The summed E-state index contributed by atoms with van der Waals surface area (Å²) in [5.41, 5.74) is 0.581. The molecule has 0 amide bonds. The molecule has 0 saturated heterocycles. The van der Waals surface area contributed by atoms with Crippen LogP contribution in [-0.2, 0) is 13.5 Å². The van der Waals surface area contributed by atoms with Gasteiger partial charge in [-0.15, -0.1) is 0 Å². The summed E-state index contributed by atoms with van der Waals surface area (Å²) < 4.78 is 1.48. The highest BCUT2D eigenvalue weighted by molar-refractivity contribution is 6.36. The molecule has 0 atom stereocenters. The van der Waals surface area contributed by atoms with Crippen LogP contribution in [0, 0.1) is 0 Å². The fourth-order valence-electron chi connectivity index (χ4n) is 2.79. The van der Waals surface area contributed by atoms with E-state index in [2.05, 4.69) is 20.2 Å². The zero-order valence-corrected chi connectivity index (χ0v) is 16.9. The van der Waals surface area contributed by atoms with E-state index in [1.54, 1.807) is 25.4 Å². The van der Waals surface area contributed by atoms with Gasteiger partial charge in [-0.05, 0) is 17.7 Å². The van der Waals surface area contributed by atoms with Crippen molar-refractivity contribution in [3.05, 3.63) is 76.5 Å². The van der Waals surface area contributed by atoms with E-state index in [0.717, 1.165) is 0 Å². The molecule has 0 radical (unpaired) electrons. The largest absolute Gasteiger partial charge is 0.342 e. The molecule has 0 fully saturated rings. The van der Waals surface area contributed by atoms with Crippen molar-refractivity contribution in [1.82, 2.24) is 24.7 Å². The first-order valence-electron chi connectivity index (χ1n) is 8.41. The number of halogens is 2. The lowest BCUT2D eigenvalue weighted by Crippen LogP contribution is -2.25. The third-order valence-electron chi connectivity index (χ3n) is 4.18. The molecule has 10 heteroatoms. The number of aromatic amines is 2. The summed E-state index contributed by atoms with van der Waals surface area (Å²) >= 11 is 12.8. The maximum Gasteiger partial charge on any atom is 0.342 e. The second-order valence-corrected chi connectivity index (χ2v) is 7.45. The van der Waals surface area contributed by atoms with Crippen LogP contribution in [0.1, 0.15) is 36.7 Å². The molecule has 0 unspecified atom stereocenters. The van der Waals surface area contributed by atoms with Gasteiger partial charge in [0, 0.05) is 41.2 Å². The van der Waals surface area contributed by atoms with Crippen molar-refractivity contribution in [2.75, 3.05) is 0 Å². The molecule has 2 N–H and O–H groups in total. The molecule has 0 saturated carbocycles. The first kappa shape index (κ1) is 20.0. The molecule has 3 aromatic rings. The topological polar surface area (TPSA) is 114 Å². The zero-order chi connectivity index (χ0) is 20.6. The summed E-state index contributed by atoms with van der Waals surface area (Å²) in [4.78, 5) is 41.8. The molecule has 2 heterocycles. The Hall–Kier alpha value is -2.71. The van der Waals surface area contributed by atoms with E-state index in [-0.39, 0.29) is 17.2 Å². The third-order valence-corrected chi connectivity index (χ3v) is 4.85. The second-order valence-electron chi connectivity index (χ2n) is 6.64. The van der Waals surface area contributed by atoms with Crippen molar-refractivity contribution in [3.63, 3.8) is 0 Å². The summed E-state index contributed by atoms with van der Waals surface area (Å²) in [7, 11) is 1.67. The summed E-state index contributed by atoms with van der Waals surface area (Å²) in [6.07, 6.45) is 1.95. The SMILES string of the molecule is CC(C)c1nc(Cc2c(Cl)cc(-c3n[nH]c(=O)[nH]c3=O)cc2Cl)cn(C)c1=O. The summed E-state index contributed by atoms with van der Waals surface area (Å²) in [5, 5.41) is 6.55. The van der Waals surface area contributed by atoms with E-state index < -0.39 is 11.2 Å². The average Bonchev–Trinajstić information content (AvgIpc) is 2.60. The number of H-pyrrole nitrogens is 2. The molecular formula is C18H17Cl2N5O3. The Morgan fingerprint density at radius 1 is 1.14 bits per heavy atom. The first-order valence-corrected chi connectivity index (χ1v) is 9.16. The van der Waals surface area contributed by atoms with Gasteiger partial charge in [0.15, 0.2) is 5.69 Å². The summed E-state index contributed by atoms with van der Waals surface area (Å²) in [5.74, 6) is -0.0231. The van der Waals surface area contributed by atoms with Gasteiger partial charge < -0.3 is 4.57 Å². The third kappa shape index (κ3) is 3.93. The molecule has 8 nitrogen and oxygen atoms in total. The van der Waals surface area contributed by atoms with Gasteiger partial charge in [0.25, 0.3) is 11.1 Å². The number of rotatable bonds is 4. The van der Waals surface area contributed by atoms with Crippen LogP contribution < -0.4 is 16.8 Å². The highest BCUT2D eigenvalue weighted by Crippen LogP contribution is 2.31. The fourth-order valence-corrected chi connectivity index (χ4v) is 3.41. The number of hydrogen-bond acceptors (Lipinski definition) is 5. The van der Waals surface area contributed by atoms with Crippen LogP contribution in [0.4, 0.5) is 0 Å². The minimum absolute atomic E-state index is 0.00252. The molecule has 1 aromatic carbocycles. The Morgan fingerprint density at radius 2 is 1.79 bits per heavy atom. The zero-order valence-electron chi connectivity index (χ0n) is 15.3. The molecule has 0 aliphatic rings. The number of nitrogens with zero attached hydrogens (tertiary/aromatic N) is 3. The van der Waals surface area contributed by atoms with Gasteiger partial charge in [0.05, 0.1) is 5.69 Å². The predicted octanol–water partition coefficient (Wildman–Crippen LogP) is 2.24. The molecule has 0 spiro atoms. The lowest BCUT2D eigenvalue weighted by atomic mass is 10.0. The van der Waals surface area contributed by atoms with Gasteiger partial charge in [-0.3, -0.25) is 14.6 Å². The van der Waals surface area contributed by atoms with Crippen molar-refractivity contribution < 1.29 is 0 Å². The molecule has 3 rings (SSSR count). The van der Waals surface area contributed by atoms with E-state index in [4.69, 9.17) is 23.2 Å². The molecule has 0 aliphatic heterocycles. The Kier molecular flexibility index (Phi) is 5.53. The van der Waals surface area contributed by atoms with Crippen LogP contribution in [0.25, 0.3) is 11.3 Å². The Balaban J connectivity index is 2.04. The standard InChI is InChI=1S/C18H17Cl2N5O3/c1-8(2)14-17(27)25(3)7-10(21-14)6-11-12(19)4-9(5-13(11)20)15-16(26)22-18(28)24-23-15/h4-5,7-8H,6H2,1-3H3,(H2,22,24,26,28). The van der Waals surface area contributed by atoms with E-state index in [1.807, 2.05) is 13.8 Å². The summed E-state index contributed by atoms with van der Waals surface area (Å²) in [6.45, 7) is 3.80. The van der Waals surface area contributed by atoms with Crippen LogP contribution in [0.15, 0.2) is 32.7 Å². The minimum Gasteiger partial charge on any atom is -0.315 e. The Morgan fingerprint density at radius 3 is 2.36 bits per heavy atom. The number of benzene rings is 1. The van der Waals surface area contributed by atoms with E-state index in [0.29, 0.717) is 39.0 Å². The van der Waals surface area contributed by atoms with Gasteiger partial charge in [0.2, 0.25) is 0 Å². The maximum atomic E-state index is 12.2. The molecular weight excluding hydrogens is 405 g/mol. The number of nitrogens with one attached hydrogen (secondary N) is 2. The van der Waals surface area contributed by atoms with Crippen LogP contribution in [0.2, 0.25) is 10.0 Å². The van der Waals surface area contributed by atoms with Crippen LogP contribution in [0.3, 0.4) is 0 Å². The Bertz CT molecular complexity index is 1200. The van der Waals surface area contributed by atoms with Crippen molar-refractivity contribution in [1.29, 1.82) is 0 Å². The van der Waals surface area contributed by atoms with Gasteiger partial charge in [-0.25, -0.2) is 14.9 Å². The van der Waals surface area contributed by atoms with Gasteiger partial charge in [0.1, 0.15) is 5.69 Å². The monoisotopic (exact) mass is 421 g/mol. The van der Waals surface area contributed by atoms with Crippen LogP contribution >= 0.6 is 23.2 Å². The van der Waals surface area contributed by atoms with Crippen LogP contribution in [0.5, 0.6) is 0 Å². The molecule has 0 aliphatic carbocycles. The number of aryl methyl sites for hydroxylation is 1. The minimum atomic E-state index is -0.704. The predicted molar refractivity (Wildman–Crippen MR) is 107 cm³/mol. The molecule has 28 heavy (non-hydrogen) atoms. The van der Waals surface area contributed by atoms with Crippen molar-refractivity contribution in [2.24, 2.45) is 7.05 Å². The van der Waals surface area contributed by atoms with E-state index in [1.165, 1.54) is 4.57 Å². The molecule has 0 bridgehead atoms. The molecule has 146 valence electrons. The van der Waals surface area contributed by atoms with Gasteiger partial charge in [-0.2, -0.15) is 5.10 Å². The van der Waals surface area contributed by atoms with Gasteiger partial charge >= 0.3 is 5.69 Å². The highest BCUT2D eigenvalue weighted by Gasteiger charge is 2.16. The summed E-state index contributed by atoms with van der Waals surface area (Å²) in [6, 6.07) is 3.09. The lowest BCUT2D eigenvalue weighted by Gasteiger charge is -2.12. The Labute approximate surface area is 169 Å².